The highest BCUT2D eigenvalue weighted by Crippen LogP contribution is 2.36. The Morgan fingerprint density at radius 2 is 1.96 bits per heavy atom. The first-order valence-electron chi connectivity index (χ1n) is 7.54. The Bertz CT molecular complexity index is 1010. The topological polar surface area (TPSA) is 42.0 Å². The number of nitrogens with zero attached hydrogens (tertiary/aromatic N) is 1. The molecule has 1 heterocycles. The molecule has 0 saturated heterocycles. The number of thiazole rings is 1. The smallest absolute Gasteiger partial charge is 0.324 e. The number of aromatic nitrogens is 1. The van der Waals surface area contributed by atoms with Crippen LogP contribution in [0.25, 0.3) is 10.2 Å². The number of alkyl halides is 3. The molecule has 1 unspecified atom stereocenters. The van der Waals surface area contributed by atoms with E-state index in [1.54, 1.807) is 19.1 Å². The van der Waals surface area contributed by atoms with Crippen molar-refractivity contribution in [2.45, 2.75) is 22.7 Å². The van der Waals surface area contributed by atoms with Crippen LogP contribution in [0.1, 0.15) is 12.5 Å². The molecule has 0 aliphatic rings. The van der Waals surface area contributed by atoms with Crippen molar-refractivity contribution in [1.29, 1.82) is 0 Å². The lowest BCUT2D eigenvalue weighted by Crippen LogP contribution is -2.22. The van der Waals surface area contributed by atoms with Gasteiger partial charge in [0.2, 0.25) is 5.91 Å². The Kier molecular flexibility index (Phi) is 5.90. The van der Waals surface area contributed by atoms with Crippen LogP contribution in [0.2, 0.25) is 10.0 Å². The van der Waals surface area contributed by atoms with Gasteiger partial charge in [-0.25, -0.2) is 4.98 Å². The molecule has 0 spiro atoms. The van der Waals surface area contributed by atoms with Gasteiger partial charge in [0.25, 0.3) is 0 Å². The molecule has 10 heteroatoms. The average molecular weight is 451 g/mol. The molecule has 0 bridgehead atoms. The highest BCUT2D eigenvalue weighted by atomic mass is 35.5. The first-order valence-corrected chi connectivity index (χ1v) is 9.99. The minimum Gasteiger partial charge on any atom is -0.324 e. The Balaban J connectivity index is 1.73. The molecule has 1 N–H and O–H groups in total. The summed E-state index contributed by atoms with van der Waals surface area (Å²) in [5, 5.41) is 2.45. The number of benzene rings is 2. The molecule has 0 aliphatic heterocycles. The normalized spacial score (nSPS) is 13.0. The van der Waals surface area contributed by atoms with Crippen molar-refractivity contribution in [3.63, 3.8) is 0 Å². The summed E-state index contributed by atoms with van der Waals surface area (Å²) in [7, 11) is 0. The minimum absolute atomic E-state index is 0.0307. The van der Waals surface area contributed by atoms with Crippen molar-refractivity contribution >= 4 is 68.1 Å². The van der Waals surface area contributed by atoms with E-state index >= 15 is 0 Å². The maximum atomic E-state index is 12.8. The van der Waals surface area contributed by atoms with Gasteiger partial charge in [0, 0.05) is 5.02 Å². The highest BCUT2D eigenvalue weighted by Gasteiger charge is 2.31. The predicted octanol–water partition coefficient (Wildman–Crippen LogP) is 6.74. The summed E-state index contributed by atoms with van der Waals surface area (Å²) in [5.41, 5.74) is -0.242. The van der Waals surface area contributed by atoms with Gasteiger partial charge in [-0.1, -0.05) is 35.0 Å². The summed E-state index contributed by atoms with van der Waals surface area (Å²) in [4.78, 5) is 16.8. The van der Waals surface area contributed by atoms with Gasteiger partial charge >= 0.3 is 6.18 Å². The fourth-order valence-electron chi connectivity index (χ4n) is 2.17. The van der Waals surface area contributed by atoms with Gasteiger partial charge in [-0.15, -0.1) is 11.3 Å². The number of carbonyl (C=O) groups excluding carboxylic acids is 1. The van der Waals surface area contributed by atoms with Gasteiger partial charge in [0.05, 0.1) is 31.7 Å². The van der Waals surface area contributed by atoms with E-state index in [1.807, 2.05) is 6.07 Å². The molecular weight excluding hydrogens is 440 g/mol. The Labute approximate surface area is 170 Å². The van der Waals surface area contributed by atoms with E-state index in [1.165, 1.54) is 23.1 Å². The second-order valence-corrected chi connectivity index (χ2v) is 9.00. The fraction of sp³-hybridized carbons (Fsp3) is 0.176. The van der Waals surface area contributed by atoms with E-state index < -0.39 is 22.9 Å². The highest BCUT2D eigenvalue weighted by molar-refractivity contribution is 8.02. The van der Waals surface area contributed by atoms with Crippen LogP contribution in [0.5, 0.6) is 0 Å². The number of amides is 1. The van der Waals surface area contributed by atoms with Crippen molar-refractivity contribution < 1.29 is 18.0 Å². The summed E-state index contributed by atoms with van der Waals surface area (Å²) >= 11 is 14.5. The van der Waals surface area contributed by atoms with E-state index in [0.717, 1.165) is 28.4 Å². The molecule has 142 valence electrons. The van der Waals surface area contributed by atoms with Crippen LogP contribution in [0, 0.1) is 0 Å². The van der Waals surface area contributed by atoms with Crippen molar-refractivity contribution in [2.24, 2.45) is 0 Å². The SMILES string of the molecule is CC(Sc1nc2cc(Cl)ccc2s1)C(=O)Nc1cc(C(F)(F)F)ccc1Cl. The molecule has 0 aliphatic carbocycles. The molecule has 1 atom stereocenters. The van der Waals surface area contributed by atoms with Gasteiger partial charge in [0.1, 0.15) is 0 Å². The second-order valence-electron chi connectivity index (χ2n) is 5.53. The van der Waals surface area contributed by atoms with Gasteiger partial charge in [-0.2, -0.15) is 13.2 Å². The molecule has 0 saturated carbocycles. The third kappa shape index (κ3) is 4.87. The van der Waals surface area contributed by atoms with Crippen molar-refractivity contribution in [2.75, 3.05) is 5.32 Å². The average Bonchev–Trinajstić information content (AvgIpc) is 2.96. The summed E-state index contributed by atoms with van der Waals surface area (Å²) in [6.45, 7) is 1.64. The van der Waals surface area contributed by atoms with Crippen LogP contribution in [-0.2, 0) is 11.0 Å². The minimum atomic E-state index is -4.52. The number of rotatable bonds is 4. The molecule has 27 heavy (non-hydrogen) atoms. The zero-order valence-corrected chi connectivity index (χ0v) is 16.7. The number of fused-ring (bicyclic) bond motifs is 1. The summed E-state index contributed by atoms with van der Waals surface area (Å²) in [6, 6.07) is 8.11. The largest absolute Gasteiger partial charge is 0.416 e. The van der Waals surface area contributed by atoms with Gasteiger partial charge in [-0.3, -0.25) is 4.79 Å². The molecule has 0 fully saturated rings. The first-order chi connectivity index (χ1) is 12.6. The lowest BCUT2D eigenvalue weighted by Gasteiger charge is -2.14. The number of hydrogen-bond acceptors (Lipinski definition) is 4. The maximum Gasteiger partial charge on any atom is 0.416 e. The predicted molar refractivity (Wildman–Crippen MR) is 105 cm³/mol. The molecule has 3 rings (SSSR count). The number of nitrogens with one attached hydrogen (secondary N) is 1. The first kappa shape index (κ1) is 20.3. The Morgan fingerprint density at radius 3 is 2.67 bits per heavy atom. The number of hydrogen-bond donors (Lipinski definition) is 1. The van der Waals surface area contributed by atoms with Gasteiger partial charge in [0.15, 0.2) is 4.34 Å². The zero-order valence-electron chi connectivity index (χ0n) is 13.6. The van der Waals surface area contributed by atoms with Crippen molar-refractivity contribution in [1.82, 2.24) is 4.98 Å². The molecule has 3 nitrogen and oxygen atoms in total. The van der Waals surface area contributed by atoms with Crippen molar-refractivity contribution in [3.8, 4) is 0 Å². The van der Waals surface area contributed by atoms with Crippen LogP contribution in [-0.4, -0.2) is 16.1 Å². The number of halogens is 5. The molecule has 1 aromatic heterocycles. The summed E-state index contributed by atoms with van der Waals surface area (Å²) < 4.78 is 40.1. The standard InChI is InChI=1S/C17H11Cl2F3N2OS2/c1-8(26-16-24-13-7-10(18)3-5-14(13)27-16)15(25)23-12-6-9(17(20,21)22)2-4-11(12)19/h2-8H,1H3,(H,23,25). The monoisotopic (exact) mass is 450 g/mol. The maximum absolute atomic E-state index is 12.8. The fourth-order valence-corrected chi connectivity index (χ4v) is 4.69. The lowest BCUT2D eigenvalue weighted by molar-refractivity contribution is -0.137. The number of thioether (sulfide) groups is 1. The lowest BCUT2D eigenvalue weighted by atomic mass is 10.2. The second kappa shape index (κ2) is 7.87. The van der Waals surface area contributed by atoms with Crippen LogP contribution in [0.4, 0.5) is 18.9 Å². The zero-order chi connectivity index (χ0) is 19.8. The van der Waals surface area contributed by atoms with Crippen LogP contribution in [0.15, 0.2) is 40.7 Å². The Hall–Kier alpha value is -1.48. The van der Waals surface area contributed by atoms with Crippen LogP contribution < -0.4 is 5.32 Å². The van der Waals surface area contributed by atoms with E-state index in [0.29, 0.717) is 9.36 Å². The molecular formula is C17H11Cl2F3N2OS2. The summed E-state index contributed by atoms with van der Waals surface area (Å²) in [6.07, 6.45) is -4.52. The number of anilines is 1. The third-order valence-corrected chi connectivity index (χ3v) is 6.32. The third-order valence-electron chi connectivity index (χ3n) is 3.53. The van der Waals surface area contributed by atoms with Crippen LogP contribution in [0.3, 0.4) is 0 Å². The van der Waals surface area contributed by atoms with Gasteiger partial charge in [-0.05, 0) is 43.3 Å². The van der Waals surface area contributed by atoms with Gasteiger partial charge < -0.3 is 5.32 Å². The molecule has 3 aromatic rings. The molecule has 2 aromatic carbocycles. The molecule has 1 amide bonds. The van der Waals surface area contributed by atoms with E-state index in [2.05, 4.69) is 10.3 Å². The Morgan fingerprint density at radius 1 is 1.22 bits per heavy atom. The van der Waals surface area contributed by atoms with E-state index in [-0.39, 0.29) is 10.7 Å². The van der Waals surface area contributed by atoms with Crippen LogP contribution >= 0.6 is 46.3 Å². The summed E-state index contributed by atoms with van der Waals surface area (Å²) in [5.74, 6) is -0.474. The molecule has 0 radical (unpaired) electrons. The van der Waals surface area contributed by atoms with Crippen molar-refractivity contribution in [3.05, 3.63) is 52.0 Å². The quantitative estimate of drug-likeness (QED) is 0.447. The van der Waals surface area contributed by atoms with E-state index in [9.17, 15) is 18.0 Å². The number of carbonyl (C=O) groups is 1. The van der Waals surface area contributed by atoms with E-state index in [4.69, 9.17) is 23.2 Å².